The van der Waals surface area contributed by atoms with Gasteiger partial charge >= 0.3 is 0 Å². The predicted molar refractivity (Wildman–Crippen MR) is 179 cm³/mol. The van der Waals surface area contributed by atoms with E-state index in [0.717, 1.165) is 15.4 Å². The minimum atomic E-state index is -4.36. The molecule has 47 heavy (non-hydrogen) atoms. The molecule has 0 saturated heterocycles. The fourth-order valence-corrected chi connectivity index (χ4v) is 6.48. The van der Waals surface area contributed by atoms with Crippen molar-refractivity contribution in [3.63, 3.8) is 0 Å². The third-order valence-corrected chi connectivity index (χ3v) is 9.28. The summed E-state index contributed by atoms with van der Waals surface area (Å²) in [6.45, 7) is 4.70. The number of hydrogen-bond donors (Lipinski definition) is 1. The van der Waals surface area contributed by atoms with E-state index in [4.69, 9.17) is 9.47 Å². The van der Waals surface area contributed by atoms with E-state index in [2.05, 4.69) is 5.32 Å². The summed E-state index contributed by atoms with van der Waals surface area (Å²) in [5, 5.41) is 2.91. The molecule has 0 bridgehead atoms. The number of nitrogens with zero attached hydrogens (tertiary/aromatic N) is 2. The van der Waals surface area contributed by atoms with Crippen LogP contribution in [0.1, 0.15) is 30.5 Å². The minimum absolute atomic E-state index is 0.0377. The lowest BCUT2D eigenvalue weighted by molar-refractivity contribution is -0.140. The van der Waals surface area contributed by atoms with E-state index in [1.54, 1.807) is 24.3 Å². The second-order valence-corrected chi connectivity index (χ2v) is 13.2. The van der Waals surface area contributed by atoms with E-state index in [9.17, 15) is 22.4 Å². The fraction of sp³-hybridized carbons (Fsp3) is 0.278. The van der Waals surface area contributed by atoms with Crippen molar-refractivity contribution in [2.45, 2.75) is 50.7 Å². The normalized spacial score (nSPS) is 11.9. The monoisotopic (exact) mass is 661 g/mol. The molecule has 0 radical (unpaired) electrons. The van der Waals surface area contributed by atoms with Gasteiger partial charge in [0.25, 0.3) is 10.0 Å². The van der Waals surface area contributed by atoms with Crippen molar-refractivity contribution in [3.05, 3.63) is 120 Å². The van der Waals surface area contributed by atoms with Gasteiger partial charge in [-0.3, -0.25) is 13.9 Å². The van der Waals surface area contributed by atoms with Crippen LogP contribution in [0.4, 0.5) is 10.1 Å². The molecule has 1 N–H and O–H groups in total. The molecule has 248 valence electrons. The lowest BCUT2D eigenvalue weighted by atomic mass is 10.0. The molecule has 9 nitrogen and oxygen atoms in total. The number of rotatable bonds is 14. The van der Waals surface area contributed by atoms with Crippen molar-refractivity contribution in [2.75, 3.05) is 25.1 Å². The zero-order valence-electron chi connectivity index (χ0n) is 27.1. The Balaban J connectivity index is 1.86. The average Bonchev–Trinajstić information content (AvgIpc) is 3.06. The third-order valence-electron chi connectivity index (χ3n) is 7.51. The Morgan fingerprint density at radius 1 is 0.851 bits per heavy atom. The number of carbonyl (C=O) groups excluding carboxylic acids is 2. The van der Waals surface area contributed by atoms with Crippen LogP contribution < -0.4 is 19.1 Å². The van der Waals surface area contributed by atoms with Gasteiger partial charge in [0.15, 0.2) is 0 Å². The molecule has 0 spiro atoms. The molecule has 0 aliphatic carbocycles. The number of amides is 2. The zero-order chi connectivity index (χ0) is 34.1. The number of methoxy groups -OCH3 is 2. The van der Waals surface area contributed by atoms with Gasteiger partial charge in [-0.25, -0.2) is 12.8 Å². The third kappa shape index (κ3) is 8.88. The minimum Gasteiger partial charge on any atom is -0.497 e. The van der Waals surface area contributed by atoms with Gasteiger partial charge in [-0.05, 0) is 68.3 Å². The largest absolute Gasteiger partial charge is 0.497 e. The summed E-state index contributed by atoms with van der Waals surface area (Å²) in [7, 11) is -1.51. The van der Waals surface area contributed by atoms with E-state index >= 15 is 0 Å². The standard InChI is InChI=1S/C36H40FN3O6S/c1-25(2)38-36(42)33(21-27-9-7-6-8-10-27)39(23-28-13-15-29(37)16-14-28)35(41)24-40(32-22-30(45-4)17-20-34(32)46-5)47(43,44)31-18-11-26(3)12-19-31/h6-20,22,25,33H,21,23-24H2,1-5H3,(H,38,42). The van der Waals surface area contributed by atoms with Gasteiger partial charge < -0.3 is 19.7 Å². The Morgan fingerprint density at radius 3 is 2.11 bits per heavy atom. The molecule has 0 fully saturated rings. The number of hydrogen-bond acceptors (Lipinski definition) is 6. The van der Waals surface area contributed by atoms with Crippen LogP contribution in [-0.4, -0.2) is 58.0 Å². The van der Waals surface area contributed by atoms with Crippen LogP contribution in [0.5, 0.6) is 11.5 Å². The van der Waals surface area contributed by atoms with Crippen LogP contribution in [0.25, 0.3) is 0 Å². The molecular formula is C36H40FN3O6S. The smallest absolute Gasteiger partial charge is 0.264 e. The maximum atomic E-state index is 14.6. The molecule has 4 rings (SSSR count). The summed E-state index contributed by atoms with van der Waals surface area (Å²) in [6.07, 6.45) is 0.152. The van der Waals surface area contributed by atoms with Crippen molar-refractivity contribution >= 4 is 27.5 Å². The number of nitrogens with one attached hydrogen (secondary N) is 1. The number of carbonyl (C=O) groups is 2. The van der Waals surface area contributed by atoms with Crippen LogP contribution in [-0.2, 0) is 32.6 Å². The van der Waals surface area contributed by atoms with Crippen molar-refractivity contribution in [1.29, 1.82) is 0 Å². The first kappa shape index (κ1) is 35.0. The number of halogens is 1. The Kier molecular flexibility index (Phi) is 11.6. The predicted octanol–water partition coefficient (Wildman–Crippen LogP) is 5.51. The lowest BCUT2D eigenvalue weighted by Gasteiger charge is -2.34. The van der Waals surface area contributed by atoms with Gasteiger partial charge in [0.1, 0.15) is 29.9 Å². The van der Waals surface area contributed by atoms with E-state index < -0.39 is 40.2 Å². The topological polar surface area (TPSA) is 105 Å². The average molecular weight is 662 g/mol. The van der Waals surface area contributed by atoms with Crippen LogP contribution >= 0.6 is 0 Å². The van der Waals surface area contributed by atoms with Gasteiger partial charge in [0.05, 0.1) is 24.8 Å². The summed E-state index contributed by atoms with van der Waals surface area (Å²) in [6, 6.07) is 24.5. The highest BCUT2D eigenvalue weighted by atomic mass is 32.2. The van der Waals surface area contributed by atoms with Crippen molar-refractivity contribution in [3.8, 4) is 11.5 Å². The first-order valence-corrected chi connectivity index (χ1v) is 16.6. The Morgan fingerprint density at radius 2 is 1.51 bits per heavy atom. The number of sulfonamides is 1. The maximum absolute atomic E-state index is 14.6. The van der Waals surface area contributed by atoms with Gasteiger partial charge in [-0.15, -0.1) is 0 Å². The highest BCUT2D eigenvalue weighted by molar-refractivity contribution is 7.92. The fourth-order valence-electron chi connectivity index (χ4n) is 5.06. The Hall–Kier alpha value is -4.90. The molecule has 2 amide bonds. The van der Waals surface area contributed by atoms with Gasteiger partial charge in [0.2, 0.25) is 11.8 Å². The molecule has 0 aliphatic heterocycles. The van der Waals surface area contributed by atoms with Crippen molar-refractivity contribution < 1.29 is 31.9 Å². The van der Waals surface area contributed by atoms with Crippen LogP contribution in [0.15, 0.2) is 102 Å². The highest BCUT2D eigenvalue weighted by Gasteiger charge is 2.36. The summed E-state index contributed by atoms with van der Waals surface area (Å²) in [4.78, 5) is 29.7. The Bertz CT molecular complexity index is 1770. The zero-order valence-corrected chi connectivity index (χ0v) is 28.0. The van der Waals surface area contributed by atoms with E-state index in [1.165, 1.54) is 61.6 Å². The summed E-state index contributed by atoms with van der Waals surface area (Å²) in [5.41, 5.74) is 2.29. The van der Waals surface area contributed by atoms with E-state index in [-0.39, 0.29) is 35.3 Å². The number of benzene rings is 4. The van der Waals surface area contributed by atoms with Crippen LogP contribution in [0.2, 0.25) is 0 Å². The molecule has 0 heterocycles. The molecule has 4 aromatic rings. The van der Waals surface area contributed by atoms with Crippen LogP contribution in [0, 0.1) is 12.7 Å². The van der Waals surface area contributed by atoms with Gasteiger partial charge in [-0.1, -0.05) is 60.2 Å². The van der Waals surface area contributed by atoms with E-state index in [1.807, 2.05) is 51.1 Å². The molecule has 4 aromatic carbocycles. The quantitative estimate of drug-likeness (QED) is 0.191. The highest BCUT2D eigenvalue weighted by Crippen LogP contribution is 2.36. The van der Waals surface area contributed by atoms with E-state index in [0.29, 0.717) is 11.3 Å². The van der Waals surface area contributed by atoms with Gasteiger partial charge in [0, 0.05) is 25.1 Å². The number of ether oxygens (including phenoxy) is 2. The number of aryl methyl sites for hydroxylation is 1. The molecule has 1 unspecified atom stereocenters. The summed E-state index contributed by atoms with van der Waals surface area (Å²) in [5.74, 6) is -0.983. The first-order valence-electron chi connectivity index (χ1n) is 15.1. The molecule has 0 aromatic heterocycles. The summed E-state index contributed by atoms with van der Waals surface area (Å²) < 4.78 is 54.5. The SMILES string of the molecule is COc1ccc(OC)c(N(CC(=O)N(Cc2ccc(F)cc2)C(Cc2ccccc2)C(=O)NC(C)C)S(=O)(=O)c2ccc(C)cc2)c1. The Labute approximate surface area is 276 Å². The second kappa shape index (κ2) is 15.6. The molecule has 11 heteroatoms. The van der Waals surface area contributed by atoms with Gasteiger partial charge in [-0.2, -0.15) is 0 Å². The molecule has 0 saturated carbocycles. The molecule has 1 atom stereocenters. The maximum Gasteiger partial charge on any atom is 0.264 e. The first-order chi connectivity index (χ1) is 22.4. The van der Waals surface area contributed by atoms with Crippen molar-refractivity contribution in [1.82, 2.24) is 10.2 Å². The number of anilines is 1. The molecular weight excluding hydrogens is 621 g/mol. The van der Waals surface area contributed by atoms with Crippen LogP contribution in [0.3, 0.4) is 0 Å². The lowest BCUT2D eigenvalue weighted by Crippen LogP contribution is -2.54. The second-order valence-electron chi connectivity index (χ2n) is 11.4. The van der Waals surface area contributed by atoms with Crippen molar-refractivity contribution in [2.24, 2.45) is 0 Å². The molecule has 0 aliphatic rings. The summed E-state index contributed by atoms with van der Waals surface area (Å²) >= 11 is 0.